The number of carbonyl (C=O) groups excluding carboxylic acids is 1. The standard InChI is InChI=1S/C23H26F2N2O3/c1-29-21-14-17(8-10-20(21)30-23(24)25)9-11-22(28)26-15-18-6-2-3-7-19(18)16-27-12-4-5-13-27/h2-3,6-11,14,23H,4-5,12-13,15-16H2,1H3,(H,26,28)/b11-9+. The van der Waals surface area contributed by atoms with Crippen LogP contribution in [-0.4, -0.2) is 37.6 Å². The Morgan fingerprint density at radius 3 is 2.57 bits per heavy atom. The summed E-state index contributed by atoms with van der Waals surface area (Å²) in [6, 6.07) is 12.6. The van der Waals surface area contributed by atoms with Gasteiger partial charge in [0.15, 0.2) is 11.5 Å². The third-order valence-corrected chi connectivity index (χ3v) is 4.99. The van der Waals surface area contributed by atoms with E-state index in [1.165, 1.54) is 43.7 Å². The summed E-state index contributed by atoms with van der Waals surface area (Å²) in [6.45, 7) is 0.647. The van der Waals surface area contributed by atoms with Crippen LogP contribution in [0, 0.1) is 0 Å². The first-order valence-corrected chi connectivity index (χ1v) is 9.93. The summed E-state index contributed by atoms with van der Waals surface area (Å²) in [7, 11) is 1.37. The third kappa shape index (κ3) is 6.29. The Morgan fingerprint density at radius 1 is 1.13 bits per heavy atom. The number of methoxy groups -OCH3 is 1. The fraction of sp³-hybridized carbons (Fsp3) is 0.348. The topological polar surface area (TPSA) is 50.8 Å². The molecule has 1 amide bonds. The van der Waals surface area contributed by atoms with Crippen molar-refractivity contribution < 1.29 is 23.0 Å². The van der Waals surface area contributed by atoms with Gasteiger partial charge in [-0.05, 0) is 60.8 Å². The number of nitrogens with zero attached hydrogens (tertiary/aromatic N) is 1. The Labute approximate surface area is 175 Å². The second kappa shape index (κ2) is 10.7. The van der Waals surface area contributed by atoms with Crippen molar-refractivity contribution in [2.45, 2.75) is 32.5 Å². The first-order chi connectivity index (χ1) is 14.5. The molecule has 0 aromatic heterocycles. The first kappa shape index (κ1) is 21.8. The van der Waals surface area contributed by atoms with Crippen molar-refractivity contribution in [3.8, 4) is 11.5 Å². The van der Waals surface area contributed by atoms with Gasteiger partial charge in [-0.15, -0.1) is 0 Å². The van der Waals surface area contributed by atoms with Crippen LogP contribution in [0.4, 0.5) is 8.78 Å². The molecule has 1 fully saturated rings. The van der Waals surface area contributed by atoms with Crippen molar-refractivity contribution in [2.24, 2.45) is 0 Å². The molecule has 0 saturated carbocycles. The third-order valence-electron chi connectivity index (χ3n) is 4.99. The van der Waals surface area contributed by atoms with Crippen molar-refractivity contribution in [2.75, 3.05) is 20.2 Å². The molecule has 1 N–H and O–H groups in total. The van der Waals surface area contributed by atoms with E-state index in [0.717, 1.165) is 25.2 Å². The highest BCUT2D eigenvalue weighted by Gasteiger charge is 2.14. The molecule has 2 aromatic carbocycles. The monoisotopic (exact) mass is 416 g/mol. The summed E-state index contributed by atoms with van der Waals surface area (Å²) >= 11 is 0. The van der Waals surface area contributed by atoms with Crippen LogP contribution in [0.5, 0.6) is 11.5 Å². The quantitative estimate of drug-likeness (QED) is 0.622. The number of benzene rings is 2. The average molecular weight is 416 g/mol. The Morgan fingerprint density at radius 2 is 1.87 bits per heavy atom. The molecule has 0 aliphatic carbocycles. The van der Waals surface area contributed by atoms with Crippen LogP contribution < -0.4 is 14.8 Å². The van der Waals surface area contributed by atoms with Gasteiger partial charge in [0.2, 0.25) is 5.91 Å². The van der Waals surface area contributed by atoms with E-state index in [0.29, 0.717) is 12.1 Å². The van der Waals surface area contributed by atoms with E-state index in [2.05, 4.69) is 21.0 Å². The van der Waals surface area contributed by atoms with E-state index in [1.807, 2.05) is 18.2 Å². The molecule has 2 aromatic rings. The van der Waals surface area contributed by atoms with E-state index in [4.69, 9.17) is 4.74 Å². The van der Waals surface area contributed by atoms with E-state index < -0.39 is 6.61 Å². The highest BCUT2D eigenvalue weighted by molar-refractivity contribution is 5.91. The first-order valence-electron chi connectivity index (χ1n) is 9.93. The molecule has 30 heavy (non-hydrogen) atoms. The van der Waals surface area contributed by atoms with Gasteiger partial charge in [0, 0.05) is 19.2 Å². The molecule has 1 saturated heterocycles. The second-order valence-electron chi connectivity index (χ2n) is 7.09. The van der Waals surface area contributed by atoms with Gasteiger partial charge in [0.05, 0.1) is 7.11 Å². The minimum Gasteiger partial charge on any atom is -0.493 e. The maximum Gasteiger partial charge on any atom is 0.387 e. The lowest BCUT2D eigenvalue weighted by Crippen LogP contribution is -2.23. The summed E-state index contributed by atoms with van der Waals surface area (Å²) in [6.07, 6.45) is 5.49. The van der Waals surface area contributed by atoms with Gasteiger partial charge >= 0.3 is 6.61 Å². The van der Waals surface area contributed by atoms with E-state index >= 15 is 0 Å². The Kier molecular flexibility index (Phi) is 7.79. The van der Waals surface area contributed by atoms with Crippen LogP contribution >= 0.6 is 0 Å². The number of halogens is 2. The molecule has 160 valence electrons. The number of amides is 1. The van der Waals surface area contributed by atoms with Crippen LogP contribution in [0.2, 0.25) is 0 Å². The lowest BCUT2D eigenvalue weighted by Gasteiger charge is -2.17. The Hall–Kier alpha value is -2.93. The minimum absolute atomic E-state index is 0.0521. The van der Waals surface area contributed by atoms with Gasteiger partial charge in [-0.2, -0.15) is 8.78 Å². The van der Waals surface area contributed by atoms with Gasteiger partial charge in [0.25, 0.3) is 0 Å². The fourth-order valence-corrected chi connectivity index (χ4v) is 3.46. The van der Waals surface area contributed by atoms with Gasteiger partial charge < -0.3 is 14.8 Å². The molecule has 3 rings (SSSR count). The Balaban J connectivity index is 1.58. The van der Waals surface area contributed by atoms with Crippen molar-refractivity contribution >= 4 is 12.0 Å². The van der Waals surface area contributed by atoms with Crippen LogP contribution in [0.25, 0.3) is 6.08 Å². The van der Waals surface area contributed by atoms with Crippen LogP contribution in [0.1, 0.15) is 29.5 Å². The second-order valence-corrected chi connectivity index (χ2v) is 7.09. The number of rotatable bonds is 9. The molecule has 5 nitrogen and oxygen atoms in total. The van der Waals surface area contributed by atoms with Crippen LogP contribution in [0.3, 0.4) is 0 Å². The average Bonchev–Trinajstić information content (AvgIpc) is 3.25. The summed E-state index contributed by atoms with van der Waals surface area (Å²) in [5, 5.41) is 2.90. The maximum absolute atomic E-state index is 12.4. The predicted octanol–water partition coefficient (Wildman–Crippen LogP) is 4.22. The van der Waals surface area contributed by atoms with Gasteiger partial charge in [-0.25, -0.2) is 0 Å². The Bertz CT molecular complexity index is 881. The van der Waals surface area contributed by atoms with Crippen LogP contribution in [0.15, 0.2) is 48.5 Å². The summed E-state index contributed by atoms with van der Waals surface area (Å²) in [5.74, 6) is -0.116. The molecule has 0 atom stereocenters. The number of carbonyl (C=O) groups is 1. The number of hydrogen-bond acceptors (Lipinski definition) is 4. The zero-order chi connectivity index (χ0) is 21.3. The molecule has 0 unspecified atom stereocenters. The van der Waals surface area contributed by atoms with E-state index in [1.54, 1.807) is 12.1 Å². The highest BCUT2D eigenvalue weighted by Crippen LogP contribution is 2.29. The smallest absolute Gasteiger partial charge is 0.387 e. The van der Waals surface area contributed by atoms with Crippen molar-refractivity contribution in [3.05, 3.63) is 65.2 Å². The van der Waals surface area contributed by atoms with E-state index in [9.17, 15) is 13.6 Å². The fourth-order valence-electron chi connectivity index (χ4n) is 3.46. The molecule has 7 heteroatoms. The molecule has 0 spiro atoms. The summed E-state index contributed by atoms with van der Waals surface area (Å²) in [4.78, 5) is 14.7. The van der Waals surface area contributed by atoms with Crippen molar-refractivity contribution in [1.82, 2.24) is 10.2 Å². The molecular formula is C23H26F2N2O3. The maximum atomic E-state index is 12.4. The normalized spacial score (nSPS) is 14.4. The zero-order valence-corrected chi connectivity index (χ0v) is 16.9. The van der Waals surface area contributed by atoms with Crippen molar-refractivity contribution in [3.63, 3.8) is 0 Å². The van der Waals surface area contributed by atoms with Gasteiger partial charge in [0.1, 0.15) is 0 Å². The SMILES string of the molecule is COc1cc(/C=C/C(=O)NCc2ccccc2CN2CCCC2)ccc1OC(F)F. The van der Waals surface area contributed by atoms with E-state index in [-0.39, 0.29) is 17.4 Å². The van der Waals surface area contributed by atoms with Gasteiger partial charge in [-0.3, -0.25) is 9.69 Å². The lowest BCUT2D eigenvalue weighted by molar-refractivity contribution is -0.116. The number of nitrogens with one attached hydrogen (secondary N) is 1. The predicted molar refractivity (Wildman–Crippen MR) is 111 cm³/mol. The highest BCUT2D eigenvalue weighted by atomic mass is 19.3. The number of likely N-dealkylation sites (tertiary alicyclic amines) is 1. The molecule has 1 heterocycles. The number of alkyl halides is 2. The summed E-state index contributed by atoms with van der Waals surface area (Å²) in [5.41, 5.74) is 2.96. The molecule has 1 aliphatic heterocycles. The van der Waals surface area contributed by atoms with Crippen LogP contribution in [-0.2, 0) is 17.9 Å². The molecular weight excluding hydrogens is 390 g/mol. The zero-order valence-electron chi connectivity index (χ0n) is 16.9. The molecule has 1 aliphatic rings. The lowest BCUT2D eigenvalue weighted by atomic mass is 10.1. The summed E-state index contributed by atoms with van der Waals surface area (Å²) < 4.78 is 34.3. The molecule has 0 radical (unpaired) electrons. The largest absolute Gasteiger partial charge is 0.493 e. The molecule has 0 bridgehead atoms. The minimum atomic E-state index is -2.93. The van der Waals surface area contributed by atoms with Gasteiger partial charge in [-0.1, -0.05) is 30.3 Å². The number of hydrogen-bond donors (Lipinski definition) is 1. The number of ether oxygens (including phenoxy) is 2. The van der Waals surface area contributed by atoms with Crippen molar-refractivity contribution in [1.29, 1.82) is 0 Å².